The molecule has 0 amide bonds. The van der Waals surface area contributed by atoms with Crippen LogP contribution < -0.4 is 5.73 Å². The Kier molecular flexibility index (Phi) is 5.00. The van der Waals surface area contributed by atoms with E-state index in [1.165, 1.54) is 23.3 Å². The molecule has 0 aromatic heterocycles. The fourth-order valence-electron chi connectivity index (χ4n) is 1.93. The maximum absolute atomic E-state index is 12.8. The summed E-state index contributed by atoms with van der Waals surface area (Å²) in [5.41, 5.74) is 8.67. The van der Waals surface area contributed by atoms with Crippen molar-refractivity contribution in [1.29, 1.82) is 0 Å². The maximum atomic E-state index is 12.8. The van der Waals surface area contributed by atoms with Crippen molar-refractivity contribution in [2.45, 2.75) is 24.3 Å². The van der Waals surface area contributed by atoms with Crippen molar-refractivity contribution < 1.29 is 4.39 Å². The molecule has 0 aliphatic heterocycles. The third kappa shape index (κ3) is 4.69. The molecule has 0 radical (unpaired) electrons. The molecule has 1 unspecified atom stereocenters. The highest BCUT2D eigenvalue weighted by atomic mass is 32.2. The van der Waals surface area contributed by atoms with Crippen molar-refractivity contribution in [3.8, 4) is 0 Å². The van der Waals surface area contributed by atoms with Crippen LogP contribution in [0.5, 0.6) is 0 Å². The normalized spacial score (nSPS) is 12.4. The van der Waals surface area contributed by atoms with E-state index in [4.69, 9.17) is 5.73 Å². The van der Waals surface area contributed by atoms with Crippen LogP contribution in [0.25, 0.3) is 0 Å². The fourth-order valence-corrected chi connectivity index (χ4v) is 2.79. The molecule has 1 nitrogen and oxygen atoms in total. The maximum Gasteiger partial charge on any atom is 0.123 e. The van der Waals surface area contributed by atoms with E-state index < -0.39 is 0 Å². The van der Waals surface area contributed by atoms with Crippen molar-refractivity contribution in [3.63, 3.8) is 0 Å². The summed E-state index contributed by atoms with van der Waals surface area (Å²) >= 11 is 1.67. The smallest absolute Gasteiger partial charge is 0.123 e. The van der Waals surface area contributed by atoms with E-state index >= 15 is 0 Å². The second kappa shape index (κ2) is 6.73. The summed E-state index contributed by atoms with van der Waals surface area (Å²) in [5, 5.41) is 0. The minimum absolute atomic E-state index is 0.108. The topological polar surface area (TPSA) is 26.0 Å². The summed E-state index contributed by atoms with van der Waals surface area (Å²) in [4.78, 5) is 1.06. The van der Waals surface area contributed by atoms with Gasteiger partial charge in [0.1, 0.15) is 5.82 Å². The van der Waals surface area contributed by atoms with Gasteiger partial charge in [-0.05, 0) is 43.2 Å². The Bertz CT molecular complexity index is 525. The molecule has 0 spiro atoms. The molecular formula is C16H18FNS. The molecule has 2 aromatic carbocycles. The second-order valence-electron chi connectivity index (χ2n) is 4.72. The summed E-state index contributed by atoms with van der Waals surface area (Å²) in [6, 6.07) is 15.1. The summed E-state index contributed by atoms with van der Waals surface area (Å²) in [6.45, 7) is 2.09. The van der Waals surface area contributed by atoms with Crippen LogP contribution in [0.3, 0.4) is 0 Å². The second-order valence-corrected chi connectivity index (χ2v) is 5.81. The molecule has 100 valence electrons. The highest BCUT2D eigenvalue weighted by Gasteiger charge is 2.05. The van der Waals surface area contributed by atoms with Gasteiger partial charge in [-0.25, -0.2) is 4.39 Å². The van der Waals surface area contributed by atoms with E-state index in [0.29, 0.717) is 0 Å². The van der Waals surface area contributed by atoms with Gasteiger partial charge in [-0.15, -0.1) is 11.8 Å². The molecule has 2 rings (SSSR count). The Morgan fingerprint density at radius 2 is 1.89 bits per heavy atom. The molecule has 2 aromatic rings. The molecule has 2 N–H and O–H groups in total. The van der Waals surface area contributed by atoms with E-state index in [9.17, 15) is 4.39 Å². The van der Waals surface area contributed by atoms with Gasteiger partial charge in [0, 0.05) is 16.7 Å². The van der Waals surface area contributed by atoms with E-state index in [1.807, 2.05) is 0 Å². The van der Waals surface area contributed by atoms with Gasteiger partial charge in [-0.3, -0.25) is 0 Å². The van der Waals surface area contributed by atoms with E-state index in [1.54, 1.807) is 23.9 Å². The summed E-state index contributed by atoms with van der Waals surface area (Å²) < 4.78 is 12.8. The van der Waals surface area contributed by atoms with Crippen molar-refractivity contribution in [2.24, 2.45) is 5.73 Å². The fraction of sp³-hybridized carbons (Fsp3) is 0.250. The zero-order valence-corrected chi connectivity index (χ0v) is 11.8. The third-order valence-electron chi connectivity index (χ3n) is 2.86. The van der Waals surface area contributed by atoms with E-state index in [-0.39, 0.29) is 11.9 Å². The number of hydrogen-bond donors (Lipinski definition) is 1. The van der Waals surface area contributed by atoms with Crippen LogP contribution in [0.15, 0.2) is 53.4 Å². The number of rotatable bonds is 5. The van der Waals surface area contributed by atoms with Crippen molar-refractivity contribution in [3.05, 3.63) is 65.5 Å². The van der Waals surface area contributed by atoms with Crippen LogP contribution in [0, 0.1) is 12.7 Å². The molecule has 3 heteroatoms. The highest BCUT2D eigenvalue weighted by molar-refractivity contribution is 7.99. The molecule has 0 aliphatic rings. The van der Waals surface area contributed by atoms with E-state index in [0.717, 1.165) is 17.1 Å². The largest absolute Gasteiger partial charge is 0.327 e. The average molecular weight is 275 g/mol. The van der Waals surface area contributed by atoms with Crippen LogP contribution in [0.2, 0.25) is 0 Å². The van der Waals surface area contributed by atoms with Gasteiger partial charge >= 0.3 is 0 Å². The number of benzene rings is 2. The number of hydrogen-bond acceptors (Lipinski definition) is 2. The molecule has 19 heavy (non-hydrogen) atoms. The lowest BCUT2D eigenvalue weighted by Gasteiger charge is -2.11. The molecule has 0 aliphatic carbocycles. The Labute approximate surface area is 118 Å². The first kappa shape index (κ1) is 14.1. The van der Waals surface area contributed by atoms with Crippen molar-refractivity contribution in [2.75, 3.05) is 5.75 Å². The molecule has 0 saturated heterocycles. The van der Waals surface area contributed by atoms with Crippen molar-refractivity contribution in [1.82, 2.24) is 0 Å². The Morgan fingerprint density at radius 1 is 1.16 bits per heavy atom. The average Bonchev–Trinajstić information content (AvgIpc) is 2.38. The first-order chi connectivity index (χ1) is 9.13. The summed E-state index contributed by atoms with van der Waals surface area (Å²) in [7, 11) is 0. The molecular weight excluding hydrogens is 257 g/mol. The van der Waals surface area contributed by atoms with Gasteiger partial charge in [0.05, 0.1) is 0 Å². The standard InChI is InChI=1S/C16H18FNS/c1-12-3-2-4-13(9-12)10-15(18)11-19-16-7-5-14(17)6-8-16/h2-9,15H,10-11,18H2,1H3. The lowest BCUT2D eigenvalue weighted by atomic mass is 10.1. The lowest BCUT2D eigenvalue weighted by Crippen LogP contribution is -2.25. The zero-order valence-electron chi connectivity index (χ0n) is 11.0. The highest BCUT2D eigenvalue weighted by Crippen LogP contribution is 2.19. The number of nitrogens with two attached hydrogens (primary N) is 1. The van der Waals surface area contributed by atoms with Gasteiger partial charge < -0.3 is 5.73 Å². The van der Waals surface area contributed by atoms with Gasteiger partial charge in [0.25, 0.3) is 0 Å². The van der Waals surface area contributed by atoms with Crippen LogP contribution in [-0.2, 0) is 6.42 Å². The monoisotopic (exact) mass is 275 g/mol. The first-order valence-corrected chi connectivity index (χ1v) is 7.31. The number of aryl methyl sites for hydroxylation is 1. The minimum atomic E-state index is -0.201. The van der Waals surface area contributed by atoms with E-state index in [2.05, 4.69) is 31.2 Å². The quantitative estimate of drug-likeness (QED) is 0.840. The summed E-state index contributed by atoms with van der Waals surface area (Å²) in [5.74, 6) is 0.632. The summed E-state index contributed by atoms with van der Waals surface area (Å²) in [6.07, 6.45) is 0.871. The molecule has 0 bridgehead atoms. The van der Waals surface area contributed by atoms with Gasteiger partial charge in [0.15, 0.2) is 0 Å². The van der Waals surface area contributed by atoms with Crippen LogP contribution in [0.4, 0.5) is 4.39 Å². The Balaban J connectivity index is 1.84. The molecule has 0 heterocycles. The van der Waals surface area contributed by atoms with Gasteiger partial charge in [-0.2, -0.15) is 0 Å². The molecule has 0 fully saturated rings. The SMILES string of the molecule is Cc1cccc(CC(N)CSc2ccc(F)cc2)c1. The minimum Gasteiger partial charge on any atom is -0.327 e. The van der Waals surface area contributed by atoms with Crippen molar-refractivity contribution >= 4 is 11.8 Å². The van der Waals surface area contributed by atoms with Crippen LogP contribution in [0.1, 0.15) is 11.1 Å². The Hall–Kier alpha value is -1.32. The number of halogens is 1. The molecule has 1 atom stereocenters. The molecule has 0 saturated carbocycles. The predicted octanol–water partition coefficient (Wildman–Crippen LogP) is 3.80. The third-order valence-corrected chi connectivity index (χ3v) is 4.06. The number of thioether (sulfide) groups is 1. The van der Waals surface area contributed by atoms with Gasteiger partial charge in [0.2, 0.25) is 0 Å². The first-order valence-electron chi connectivity index (χ1n) is 6.33. The van der Waals surface area contributed by atoms with Crippen LogP contribution >= 0.6 is 11.8 Å². The predicted molar refractivity (Wildman–Crippen MR) is 80.0 cm³/mol. The zero-order chi connectivity index (χ0) is 13.7. The van der Waals surface area contributed by atoms with Crippen LogP contribution in [-0.4, -0.2) is 11.8 Å². The lowest BCUT2D eigenvalue weighted by molar-refractivity contribution is 0.626. The Morgan fingerprint density at radius 3 is 2.58 bits per heavy atom. The van der Waals surface area contributed by atoms with Gasteiger partial charge in [-0.1, -0.05) is 29.8 Å².